The van der Waals surface area contributed by atoms with Crippen LogP contribution in [0.1, 0.15) is 11.4 Å². The Balaban J connectivity index is 2.15. The summed E-state index contributed by atoms with van der Waals surface area (Å²) in [7, 11) is 3.35. The summed E-state index contributed by atoms with van der Waals surface area (Å²) in [4.78, 5) is 4.54. The predicted octanol–water partition coefficient (Wildman–Crippen LogP) is 4.11. The van der Waals surface area contributed by atoms with Crippen molar-refractivity contribution in [3.05, 3.63) is 52.3 Å². The fraction of sp³-hybridized carbons (Fsp3) is 0.111. The Morgan fingerprint density at radius 3 is 2.75 bits per heavy atom. The van der Waals surface area contributed by atoms with Gasteiger partial charge in [-0.3, -0.25) is 0 Å². The summed E-state index contributed by atoms with van der Waals surface area (Å²) < 4.78 is 7.42. The molecule has 1 aromatic heterocycles. The van der Waals surface area contributed by atoms with Gasteiger partial charge < -0.3 is 14.4 Å². The van der Waals surface area contributed by atoms with Gasteiger partial charge in [-0.25, -0.2) is 4.98 Å². The van der Waals surface area contributed by atoms with Crippen LogP contribution in [0.2, 0.25) is 0 Å². The second kappa shape index (κ2) is 6.38. The molecule has 0 fully saturated rings. The topological polar surface area (TPSA) is 71.1 Å². The third-order valence-electron chi connectivity index (χ3n) is 3.78. The van der Waals surface area contributed by atoms with E-state index < -0.39 is 0 Å². The van der Waals surface area contributed by atoms with Crippen molar-refractivity contribution >= 4 is 38.6 Å². The van der Waals surface area contributed by atoms with Gasteiger partial charge in [0.25, 0.3) is 0 Å². The minimum absolute atomic E-state index is 0.00598. The van der Waals surface area contributed by atoms with Crippen molar-refractivity contribution in [2.45, 2.75) is 0 Å². The summed E-state index contributed by atoms with van der Waals surface area (Å²) in [6, 6.07) is 13.3. The average molecular weight is 384 g/mol. The molecule has 3 aromatic rings. The Kier molecular flexibility index (Phi) is 4.28. The molecule has 0 amide bonds. The molecule has 0 aliphatic heterocycles. The molecule has 0 aliphatic carbocycles. The number of aromatic nitrogens is 2. The van der Waals surface area contributed by atoms with Gasteiger partial charge in [0.1, 0.15) is 6.07 Å². The van der Waals surface area contributed by atoms with Crippen molar-refractivity contribution in [2.75, 3.05) is 7.11 Å². The highest BCUT2D eigenvalue weighted by Gasteiger charge is 2.14. The Bertz CT molecular complexity index is 999. The maximum Gasteiger partial charge on any atom is 0.172 e. The van der Waals surface area contributed by atoms with E-state index in [-0.39, 0.29) is 5.75 Å². The van der Waals surface area contributed by atoms with Crippen LogP contribution < -0.4 is 4.74 Å². The number of imidazole rings is 1. The number of rotatable bonds is 3. The Hall–Kier alpha value is -2.78. The fourth-order valence-corrected chi connectivity index (χ4v) is 2.97. The molecule has 0 saturated heterocycles. The van der Waals surface area contributed by atoms with E-state index in [0.717, 1.165) is 11.0 Å². The van der Waals surface area contributed by atoms with E-state index in [1.54, 1.807) is 18.2 Å². The van der Waals surface area contributed by atoms with Crippen molar-refractivity contribution in [3.63, 3.8) is 0 Å². The van der Waals surface area contributed by atoms with Gasteiger partial charge in [-0.05, 0) is 51.8 Å². The number of halogens is 1. The number of fused-ring (bicyclic) bond motifs is 1. The lowest BCUT2D eigenvalue weighted by molar-refractivity contribution is 0.372. The first-order valence-electron chi connectivity index (χ1n) is 7.16. The number of hydrogen-bond donors (Lipinski definition) is 1. The first-order valence-corrected chi connectivity index (χ1v) is 7.95. The van der Waals surface area contributed by atoms with Gasteiger partial charge >= 0.3 is 0 Å². The molecule has 0 unspecified atom stereocenters. The summed E-state index contributed by atoms with van der Waals surface area (Å²) in [5.74, 6) is 0.926. The Labute approximate surface area is 147 Å². The van der Waals surface area contributed by atoms with E-state index in [1.807, 2.05) is 35.9 Å². The van der Waals surface area contributed by atoms with Crippen molar-refractivity contribution < 1.29 is 9.84 Å². The Morgan fingerprint density at radius 2 is 2.08 bits per heavy atom. The standard InChI is InChI=1S/C18H14BrN3O2/c1-22-14-6-4-3-5-13(14)21-18(22)12(10-20)9-11-7-8-15(24-2)17(23)16(11)19/h3-9,23H,1-2H3/b12-9-. The number of phenolic OH excluding ortho intramolecular Hbond substituents is 1. The van der Waals surface area contributed by atoms with Crippen molar-refractivity contribution in [1.29, 1.82) is 5.26 Å². The van der Waals surface area contributed by atoms with Gasteiger partial charge in [0.2, 0.25) is 0 Å². The summed E-state index contributed by atoms with van der Waals surface area (Å²) in [5.41, 5.74) is 2.84. The number of hydrogen-bond acceptors (Lipinski definition) is 4. The lowest BCUT2D eigenvalue weighted by atomic mass is 10.1. The van der Waals surface area contributed by atoms with Gasteiger partial charge in [-0.2, -0.15) is 5.26 Å². The molecule has 0 radical (unpaired) electrons. The molecular weight excluding hydrogens is 370 g/mol. The highest BCUT2D eigenvalue weighted by Crippen LogP contribution is 2.38. The number of methoxy groups -OCH3 is 1. The molecule has 0 aliphatic rings. The van der Waals surface area contributed by atoms with Crippen LogP contribution in [-0.2, 0) is 7.05 Å². The van der Waals surface area contributed by atoms with Crippen LogP contribution >= 0.6 is 15.9 Å². The first-order chi connectivity index (χ1) is 11.6. The van der Waals surface area contributed by atoms with Gasteiger partial charge in [-0.15, -0.1) is 0 Å². The fourth-order valence-electron chi connectivity index (χ4n) is 2.53. The van der Waals surface area contributed by atoms with E-state index in [9.17, 15) is 10.4 Å². The monoisotopic (exact) mass is 383 g/mol. The molecule has 0 saturated carbocycles. The van der Waals surface area contributed by atoms with E-state index >= 15 is 0 Å². The minimum atomic E-state index is -0.00598. The molecule has 120 valence electrons. The molecular formula is C18H14BrN3O2. The van der Waals surface area contributed by atoms with E-state index in [0.29, 0.717) is 27.2 Å². The van der Waals surface area contributed by atoms with Crippen LogP contribution in [0.3, 0.4) is 0 Å². The maximum absolute atomic E-state index is 10.1. The van der Waals surface area contributed by atoms with Crippen molar-refractivity contribution in [2.24, 2.45) is 7.05 Å². The summed E-state index contributed by atoms with van der Waals surface area (Å²) >= 11 is 3.34. The van der Waals surface area contributed by atoms with E-state index in [2.05, 4.69) is 27.0 Å². The molecule has 1 N–H and O–H groups in total. The average Bonchev–Trinajstić information content (AvgIpc) is 2.93. The smallest absolute Gasteiger partial charge is 0.172 e. The van der Waals surface area contributed by atoms with Crippen LogP contribution in [0.15, 0.2) is 40.9 Å². The number of phenols is 1. The lowest BCUT2D eigenvalue weighted by Gasteiger charge is -2.08. The number of aryl methyl sites for hydroxylation is 1. The number of allylic oxidation sites excluding steroid dienone is 1. The molecule has 3 rings (SSSR count). The van der Waals surface area contributed by atoms with Gasteiger partial charge in [0.15, 0.2) is 17.3 Å². The molecule has 1 heterocycles. The molecule has 0 bridgehead atoms. The number of aromatic hydroxyl groups is 1. The molecule has 0 spiro atoms. The molecule has 6 heteroatoms. The number of nitrogens with zero attached hydrogens (tertiary/aromatic N) is 3. The number of benzene rings is 2. The lowest BCUT2D eigenvalue weighted by Crippen LogP contribution is -1.96. The normalized spacial score (nSPS) is 11.5. The van der Waals surface area contributed by atoms with Gasteiger partial charge in [-0.1, -0.05) is 12.1 Å². The van der Waals surface area contributed by atoms with Crippen molar-refractivity contribution in [3.8, 4) is 17.6 Å². The minimum Gasteiger partial charge on any atom is -0.503 e. The summed E-state index contributed by atoms with van der Waals surface area (Å²) in [6.07, 6.45) is 1.68. The van der Waals surface area contributed by atoms with Crippen LogP contribution in [0, 0.1) is 11.3 Å². The number of para-hydroxylation sites is 2. The van der Waals surface area contributed by atoms with Crippen LogP contribution in [0.25, 0.3) is 22.7 Å². The van der Waals surface area contributed by atoms with Crippen LogP contribution in [0.5, 0.6) is 11.5 Å². The quantitative estimate of drug-likeness (QED) is 0.690. The third-order valence-corrected chi connectivity index (χ3v) is 4.61. The van der Waals surface area contributed by atoms with Crippen LogP contribution in [-0.4, -0.2) is 21.8 Å². The van der Waals surface area contributed by atoms with Gasteiger partial charge in [0, 0.05) is 7.05 Å². The first kappa shape index (κ1) is 16.1. The SMILES string of the molecule is COc1ccc(/C=C(/C#N)c2nc3ccccc3n2C)c(Br)c1O. The second-order valence-electron chi connectivity index (χ2n) is 5.17. The largest absolute Gasteiger partial charge is 0.503 e. The van der Waals surface area contributed by atoms with E-state index in [4.69, 9.17) is 4.74 Å². The zero-order valence-electron chi connectivity index (χ0n) is 13.1. The highest BCUT2D eigenvalue weighted by atomic mass is 79.9. The molecule has 2 aromatic carbocycles. The third kappa shape index (κ3) is 2.63. The number of nitriles is 1. The predicted molar refractivity (Wildman–Crippen MR) is 96.6 cm³/mol. The molecule has 5 nitrogen and oxygen atoms in total. The van der Waals surface area contributed by atoms with Crippen molar-refractivity contribution in [1.82, 2.24) is 9.55 Å². The molecule has 0 atom stereocenters. The Morgan fingerprint density at radius 1 is 1.33 bits per heavy atom. The van der Waals surface area contributed by atoms with Crippen LogP contribution in [0.4, 0.5) is 0 Å². The van der Waals surface area contributed by atoms with Gasteiger partial charge in [0.05, 0.1) is 28.2 Å². The zero-order chi connectivity index (χ0) is 17.3. The maximum atomic E-state index is 10.1. The molecule has 24 heavy (non-hydrogen) atoms. The zero-order valence-corrected chi connectivity index (χ0v) is 14.7. The second-order valence-corrected chi connectivity index (χ2v) is 5.97. The highest BCUT2D eigenvalue weighted by molar-refractivity contribution is 9.10. The number of ether oxygens (including phenoxy) is 1. The van der Waals surface area contributed by atoms with E-state index in [1.165, 1.54) is 7.11 Å². The summed E-state index contributed by atoms with van der Waals surface area (Å²) in [5, 5.41) is 19.7. The summed E-state index contributed by atoms with van der Waals surface area (Å²) in [6.45, 7) is 0.